The number of hydrogen-bond donors (Lipinski definition) is 1. The molecule has 0 radical (unpaired) electrons. The molecule has 2 aromatic carbocycles. The summed E-state index contributed by atoms with van der Waals surface area (Å²) < 4.78 is 8.36. The molecule has 0 aliphatic carbocycles. The minimum atomic E-state index is 0.697. The van der Waals surface area contributed by atoms with Gasteiger partial charge in [-0.25, -0.2) is 0 Å². The third-order valence-corrected chi connectivity index (χ3v) is 4.78. The zero-order valence-corrected chi connectivity index (χ0v) is 13.6. The first-order valence-electron chi connectivity index (χ1n) is 8.46. The van der Waals surface area contributed by atoms with Gasteiger partial charge in [0.15, 0.2) is 5.82 Å². The zero-order valence-electron chi connectivity index (χ0n) is 13.6. The van der Waals surface area contributed by atoms with Crippen molar-refractivity contribution in [3.05, 3.63) is 59.9 Å². The monoisotopic (exact) mass is 331 g/mol. The molecule has 1 aliphatic rings. The van der Waals surface area contributed by atoms with Crippen LogP contribution in [0.5, 0.6) is 5.75 Å². The molecule has 6 nitrogen and oxygen atoms in total. The maximum Gasteiger partial charge on any atom is 0.176 e. The number of ether oxygens (including phenoxy) is 1. The Labute approximate surface area is 144 Å². The second-order valence-corrected chi connectivity index (χ2v) is 6.17. The van der Waals surface area contributed by atoms with Crippen molar-refractivity contribution in [3.63, 3.8) is 0 Å². The number of para-hydroxylation sites is 2. The van der Waals surface area contributed by atoms with Gasteiger partial charge in [-0.15, -0.1) is 10.2 Å². The van der Waals surface area contributed by atoms with Gasteiger partial charge in [-0.2, -0.15) is 5.21 Å². The SMILES string of the molecule is c1ccc2c(c1)OCCc1c-2n(CCc2nn[nH]n2)c2ccccc12. The number of nitrogens with one attached hydrogen (secondary N) is 1. The number of nitrogens with zero attached hydrogens (tertiary/aromatic N) is 4. The third kappa shape index (κ3) is 2.29. The molecule has 0 fully saturated rings. The quantitative estimate of drug-likeness (QED) is 0.626. The largest absolute Gasteiger partial charge is 0.493 e. The average molecular weight is 331 g/mol. The maximum atomic E-state index is 5.99. The lowest BCUT2D eigenvalue weighted by Gasteiger charge is -2.12. The molecule has 124 valence electrons. The van der Waals surface area contributed by atoms with Crippen molar-refractivity contribution in [2.45, 2.75) is 19.4 Å². The van der Waals surface area contributed by atoms with E-state index in [-0.39, 0.29) is 0 Å². The fourth-order valence-corrected chi connectivity index (χ4v) is 3.72. The molecule has 1 aliphatic heterocycles. The highest BCUT2D eigenvalue weighted by molar-refractivity contribution is 5.93. The van der Waals surface area contributed by atoms with Crippen molar-refractivity contribution in [2.75, 3.05) is 6.61 Å². The van der Waals surface area contributed by atoms with Crippen LogP contribution in [0, 0.1) is 0 Å². The molecule has 0 atom stereocenters. The Bertz CT molecular complexity index is 1040. The number of aromatic amines is 1. The summed E-state index contributed by atoms with van der Waals surface area (Å²) in [5.74, 6) is 1.68. The van der Waals surface area contributed by atoms with Gasteiger partial charge in [-0.3, -0.25) is 0 Å². The van der Waals surface area contributed by atoms with Gasteiger partial charge >= 0.3 is 0 Å². The lowest BCUT2D eigenvalue weighted by molar-refractivity contribution is 0.327. The molecule has 1 N–H and O–H groups in total. The Morgan fingerprint density at radius 2 is 1.96 bits per heavy atom. The maximum absolute atomic E-state index is 5.99. The smallest absolute Gasteiger partial charge is 0.176 e. The summed E-state index contributed by atoms with van der Waals surface area (Å²) in [6, 6.07) is 16.9. The minimum absolute atomic E-state index is 0.697. The van der Waals surface area contributed by atoms with E-state index in [1.165, 1.54) is 22.2 Å². The summed E-state index contributed by atoms with van der Waals surface area (Å²) in [5, 5.41) is 15.7. The third-order valence-electron chi connectivity index (χ3n) is 4.78. The van der Waals surface area contributed by atoms with Crippen LogP contribution in [0.25, 0.3) is 22.2 Å². The molecule has 6 heteroatoms. The highest BCUT2D eigenvalue weighted by Crippen LogP contribution is 2.40. The van der Waals surface area contributed by atoms with Crippen LogP contribution < -0.4 is 4.74 Å². The first-order valence-corrected chi connectivity index (χ1v) is 8.46. The zero-order chi connectivity index (χ0) is 16.6. The van der Waals surface area contributed by atoms with Gasteiger partial charge in [-0.05, 0) is 23.8 Å². The number of H-pyrrole nitrogens is 1. The van der Waals surface area contributed by atoms with Crippen LogP contribution in [-0.4, -0.2) is 31.8 Å². The molecule has 5 rings (SSSR count). The Morgan fingerprint density at radius 3 is 2.88 bits per heavy atom. The Morgan fingerprint density at radius 1 is 1.08 bits per heavy atom. The van der Waals surface area contributed by atoms with Gasteiger partial charge in [0, 0.05) is 35.9 Å². The van der Waals surface area contributed by atoms with Crippen LogP contribution in [0.3, 0.4) is 0 Å². The molecule has 0 saturated heterocycles. The predicted molar refractivity (Wildman–Crippen MR) is 94.5 cm³/mol. The summed E-state index contributed by atoms with van der Waals surface area (Å²) in [5.41, 5.74) is 5.00. The van der Waals surface area contributed by atoms with E-state index < -0.39 is 0 Å². The summed E-state index contributed by atoms with van der Waals surface area (Å²) in [4.78, 5) is 0. The molecule has 3 heterocycles. The van der Waals surface area contributed by atoms with Crippen LogP contribution in [0.4, 0.5) is 0 Å². The minimum Gasteiger partial charge on any atom is -0.493 e. The Kier molecular flexibility index (Phi) is 3.26. The molecule has 25 heavy (non-hydrogen) atoms. The lowest BCUT2D eigenvalue weighted by atomic mass is 10.0. The lowest BCUT2D eigenvalue weighted by Crippen LogP contribution is -2.05. The van der Waals surface area contributed by atoms with Gasteiger partial charge < -0.3 is 9.30 Å². The average Bonchev–Trinajstić information content (AvgIpc) is 3.22. The normalized spacial score (nSPS) is 13.1. The summed E-state index contributed by atoms with van der Waals surface area (Å²) in [6.07, 6.45) is 1.63. The second kappa shape index (κ2) is 5.73. The van der Waals surface area contributed by atoms with Crippen molar-refractivity contribution in [3.8, 4) is 17.0 Å². The van der Waals surface area contributed by atoms with Crippen molar-refractivity contribution in [2.24, 2.45) is 0 Å². The molecular weight excluding hydrogens is 314 g/mol. The van der Waals surface area contributed by atoms with Crippen LogP contribution in [0.15, 0.2) is 48.5 Å². The van der Waals surface area contributed by atoms with Crippen molar-refractivity contribution >= 4 is 10.9 Å². The molecule has 4 aromatic rings. The van der Waals surface area contributed by atoms with E-state index in [1.54, 1.807) is 0 Å². The number of tetrazole rings is 1. The van der Waals surface area contributed by atoms with E-state index in [2.05, 4.69) is 61.6 Å². The van der Waals surface area contributed by atoms with Crippen molar-refractivity contribution in [1.29, 1.82) is 0 Å². The van der Waals surface area contributed by atoms with E-state index in [0.717, 1.165) is 36.5 Å². The topological polar surface area (TPSA) is 68.6 Å². The number of aryl methyl sites for hydroxylation is 2. The first kappa shape index (κ1) is 14.2. The van der Waals surface area contributed by atoms with Crippen LogP contribution in [-0.2, 0) is 19.4 Å². The molecule has 0 spiro atoms. The summed E-state index contributed by atoms with van der Waals surface area (Å²) in [6.45, 7) is 1.49. The summed E-state index contributed by atoms with van der Waals surface area (Å²) in [7, 11) is 0. The van der Waals surface area contributed by atoms with Crippen molar-refractivity contribution in [1.82, 2.24) is 25.2 Å². The van der Waals surface area contributed by atoms with Gasteiger partial charge in [0.05, 0.1) is 12.3 Å². The number of hydrogen-bond acceptors (Lipinski definition) is 4. The Balaban J connectivity index is 1.73. The number of aromatic nitrogens is 5. The fourth-order valence-electron chi connectivity index (χ4n) is 3.72. The van der Waals surface area contributed by atoms with E-state index in [9.17, 15) is 0 Å². The van der Waals surface area contributed by atoms with Crippen molar-refractivity contribution < 1.29 is 4.74 Å². The van der Waals surface area contributed by atoms with Gasteiger partial charge in [0.1, 0.15) is 5.75 Å². The highest BCUT2D eigenvalue weighted by atomic mass is 16.5. The summed E-state index contributed by atoms with van der Waals surface area (Å²) >= 11 is 0. The molecular formula is C19H17N5O. The van der Waals surface area contributed by atoms with E-state index >= 15 is 0 Å². The molecule has 0 saturated carbocycles. The second-order valence-electron chi connectivity index (χ2n) is 6.17. The van der Waals surface area contributed by atoms with Gasteiger partial charge in [0.2, 0.25) is 0 Å². The molecule has 2 aromatic heterocycles. The fraction of sp³-hybridized carbons (Fsp3) is 0.211. The number of rotatable bonds is 3. The molecule has 0 amide bonds. The molecule has 0 bridgehead atoms. The Hall–Kier alpha value is -3.15. The van der Waals surface area contributed by atoms with Gasteiger partial charge in [0.25, 0.3) is 0 Å². The van der Waals surface area contributed by atoms with E-state index in [4.69, 9.17) is 4.74 Å². The van der Waals surface area contributed by atoms with E-state index in [1.807, 2.05) is 12.1 Å². The number of benzene rings is 2. The van der Waals surface area contributed by atoms with Crippen LogP contribution in [0.1, 0.15) is 11.4 Å². The highest BCUT2D eigenvalue weighted by Gasteiger charge is 2.23. The first-order chi connectivity index (χ1) is 12.4. The standard InChI is InChI=1S/C19H17N5O/c1-3-7-16-13(5-1)14-10-12-25-17-8-4-2-6-15(17)19(14)24(16)11-9-18-20-22-23-21-18/h1-8H,9-12H2,(H,20,21,22,23). The molecule has 0 unspecified atom stereocenters. The van der Waals surface area contributed by atoms with Crippen LogP contribution in [0.2, 0.25) is 0 Å². The predicted octanol–water partition coefficient (Wildman–Crippen LogP) is 3.00. The van der Waals surface area contributed by atoms with Crippen LogP contribution >= 0.6 is 0 Å². The number of fused-ring (bicyclic) bond motifs is 5. The van der Waals surface area contributed by atoms with E-state index in [0.29, 0.717) is 6.61 Å². The van der Waals surface area contributed by atoms with Gasteiger partial charge in [-0.1, -0.05) is 35.5 Å².